The fraction of sp³-hybridized carbons (Fsp3) is 0.357. The maximum absolute atomic E-state index is 13.2. The minimum atomic E-state index is -5.75. The van der Waals surface area contributed by atoms with Gasteiger partial charge in [-0.05, 0) is 18.2 Å². The molecule has 5 nitrogen and oxygen atoms in total. The van der Waals surface area contributed by atoms with Crippen LogP contribution in [0.3, 0.4) is 0 Å². The van der Waals surface area contributed by atoms with Gasteiger partial charge in [0.2, 0.25) is 11.6 Å². The van der Waals surface area contributed by atoms with Gasteiger partial charge in [0.1, 0.15) is 5.69 Å². The predicted octanol–water partition coefficient (Wildman–Crippen LogP) is 5.08. The van der Waals surface area contributed by atoms with Crippen molar-refractivity contribution in [3.05, 3.63) is 29.0 Å². The molecule has 2 aromatic heterocycles. The molecule has 0 atom stereocenters. The van der Waals surface area contributed by atoms with Gasteiger partial charge in [-0.15, -0.1) is 0 Å². The molecule has 0 saturated carbocycles. The van der Waals surface area contributed by atoms with Crippen LogP contribution in [-0.2, 0) is 12.7 Å². The number of fused-ring (bicyclic) bond motifs is 1. The Morgan fingerprint density at radius 1 is 1.04 bits per heavy atom. The highest BCUT2D eigenvalue weighted by molar-refractivity contribution is 6.31. The average Bonchev–Trinajstić information content (AvgIpc) is 3.16. The molecule has 0 saturated heterocycles. The van der Waals surface area contributed by atoms with Crippen LogP contribution in [0.5, 0.6) is 0 Å². The molecule has 1 N–H and O–H groups in total. The Hall–Kier alpha value is -2.44. The van der Waals surface area contributed by atoms with E-state index >= 15 is 0 Å². The number of H-pyrrole nitrogens is 1. The van der Waals surface area contributed by atoms with E-state index in [1.807, 2.05) is 0 Å². The molecule has 0 unspecified atom stereocenters. The molecule has 0 amide bonds. The van der Waals surface area contributed by atoms with Gasteiger partial charge in [-0.3, -0.25) is 9.78 Å². The predicted molar refractivity (Wildman–Crippen MR) is 80.7 cm³/mol. The molecule has 2 heterocycles. The molecule has 3 rings (SSSR count). The molecule has 28 heavy (non-hydrogen) atoms. The summed E-state index contributed by atoms with van der Waals surface area (Å²) in [5.41, 5.74) is -0.187. The zero-order valence-electron chi connectivity index (χ0n) is 13.3. The van der Waals surface area contributed by atoms with Crippen molar-refractivity contribution in [3.8, 4) is 11.5 Å². The molecular weight excluding hydrogens is 426 g/mol. The summed E-state index contributed by atoms with van der Waals surface area (Å²) in [4.78, 5) is 3.26. The summed E-state index contributed by atoms with van der Waals surface area (Å²) in [5.74, 6) is -6.89. The number of hydrogen-bond donors (Lipinski definition) is 1. The normalized spacial score (nSPS) is 13.5. The van der Waals surface area contributed by atoms with Crippen molar-refractivity contribution in [2.45, 2.75) is 31.2 Å². The first-order valence-corrected chi connectivity index (χ1v) is 7.78. The average molecular weight is 434 g/mol. The van der Waals surface area contributed by atoms with Gasteiger partial charge in [0, 0.05) is 23.4 Å². The molecule has 0 fully saturated rings. The number of rotatable bonds is 4. The summed E-state index contributed by atoms with van der Waals surface area (Å²) in [6, 6.07) is 3.90. The second-order valence-electron chi connectivity index (χ2n) is 5.69. The molecule has 0 bridgehead atoms. The Balaban J connectivity index is 2.03. The van der Waals surface area contributed by atoms with Crippen LogP contribution in [0.1, 0.15) is 12.2 Å². The fourth-order valence-electron chi connectivity index (χ4n) is 2.37. The Labute approximate surface area is 155 Å². The first-order valence-electron chi connectivity index (χ1n) is 7.40. The number of nitrogens with one attached hydrogen (secondary N) is 1. The Bertz CT molecular complexity index is 1000. The molecule has 14 heteroatoms. The van der Waals surface area contributed by atoms with Crippen molar-refractivity contribution in [2.24, 2.45) is 0 Å². The van der Waals surface area contributed by atoms with Crippen molar-refractivity contribution < 1.29 is 35.1 Å². The van der Waals surface area contributed by atoms with Gasteiger partial charge in [-0.1, -0.05) is 11.6 Å². The van der Waals surface area contributed by atoms with E-state index in [1.54, 1.807) is 5.10 Å². The van der Waals surface area contributed by atoms with Gasteiger partial charge >= 0.3 is 18.3 Å². The molecule has 0 aliphatic rings. The third kappa shape index (κ3) is 3.75. The molecule has 0 aliphatic heterocycles. The lowest BCUT2D eigenvalue weighted by Gasteiger charge is -2.19. The largest absolute Gasteiger partial charge is 0.453 e. The van der Waals surface area contributed by atoms with Crippen LogP contribution in [0, 0.1) is 0 Å². The van der Waals surface area contributed by atoms with Crippen LogP contribution in [0.2, 0.25) is 5.02 Å². The smallest absolute Gasteiger partial charge is 0.264 e. The number of aromatic amines is 1. The van der Waals surface area contributed by atoms with Crippen molar-refractivity contribution in [1.82, 2.24) is 25.0 Å². The van der Waals surface area contributed by atoms with E-state index in [1.165, 1.54) is 18.2 Å². The number of hydrogen-bond acceptors (Lipinski definition) is 3. The number of nitrogens with zero attached hydrogens (tertiary/aromatic N) is 4. The SMILES string of the molecule is FC(F)(F)c1nc(-c2nn(CCC(F)(F)C(F)(F)F)c3cc(Cl)ccc23)n[nH]1. The Morgan fingerprint density at radius 3 is 2.29 bits per heavy atom. The van der Waals surface area contributed by atoms with Gasteiger partial charge in [-0.2, -0.15) is 45.3 Å². The molecule has 0 radical (unpaired) electrons. The third-order valence-corrected chi connectivity index (χ3v) is 3.97. The van der Waals surface area contributed by atoms with E-state index < -0.39 is 42.9 Å². The minimum Gasteiger partial charge on any atom is -0.264 e. The first-order chi connectivity index (χ1) is 12.8. The van der Waals surface area contributed by atoms with E-state index in [2.05, 4.69) is 15.2 Å². The van der Waals surface area contributed by atoms with Crippen LogP contribution in [0.4, 0.5) is 35.1 Å². The maximum Gasteiger partial charge on any atom is 0.453 e. The molecule has 0 spiro atoms. The van der Waals surface area contributed by atoms with E-state index in [-0.39, 0.29) is 21.6 Å². The standard InChI is InChI=1S/C14H8ClF8N5/c15-6-1-2-7-8(5-6)28(4-3-12(16,17)14(21,22)23)27-9(7)10-24-11(26-25-10)13(18,19)20/h1-2,5H,3-4H2,(H,24,25,26). The zero-order chi connectivity index (χ0) is 20.9. The summed E-state index contributed by atoms with van der Waals surface area (Å²) in [6.45, 7) is -0.875. The lowest BCUT2D eigenvalue weighted by molar-refractivity contribution is -0.285. The Morgan fingerprint density at radius 2 is 1.71 bits per heavy atom. The van der Waals surface area contributed by atoms with Crippen molar-refractivity contribution >= 4 is 22.5 Å². The number of aryl methyl sites for hydroxylation is 1. The second-order valence-corrected chi connectivity index (χ2v) is 6.13. The lowest BCUT2D eigenvalue weighted by Crippen LogP contribution is -2.37. The zero-order valence-corrected chi connectivity index (χ0v) is 14.1. The molecular formula is C14H8ClF8N5. The summed E-state index contributed by atoms with van der Waals surface area (Å²) in [5, 5.41) is 9.15. The minimum absolute atomic E-state index is 0.0406. The third-order valence-electron chi connectivity index (χ3n) is 3.73. The maximum atomic E-state index is 13.2. The lowest BCUT2D eigenvalue weighted by atomic mass is 10.2. The van der Waals surface area contributed by atoms with Crippen LogP contribution in [0.15, 0.2) is 18.2 Å². The molecule has 0 aliphatic carbocycles. The summed E-state index contributed by atoms with van der Waals surface area (Å²) < 4.78 is 102. The van der Waals surface area contributed by atoms with E-state index in [4.69, 9.17) is 11.6 Å². The quantitative estimate of drug-likeness (QED) is 0.584. The summed E-state index contributed by atoms with van der Waals surface area (Å²) >= 11 is 5.82. The van der Waals surface area contributed by atoms with Crippen molar-refractivity contribution in [3.63, 3.8) is 0 Å². The summed E-state index contributed by atoms with van der Waals surface area (Å²) in [7, 11) is 0. The van der Waals surface area contributed by atoms with Crippen molar-refractivity contribution in [1.29, 1.82) is 0 Å². The number of halogens is 9. The highest BCUT2D eigenvalue weighted by atomic mass is 35.5. The number of aromatic nitrogens is 5. The number of alkyl halides is 8. The van der Waals surface area contributed by atoms with E-state index in [0.717, 1.165) is 4.68 Å². The topological polar surface area (TPSA) is 59.4 Å². The first kappa shape index (κ1) is 20.3. The van der Waals surface area contributed by atoms with Crippen LogP contribution in [0.25, 0.3) is 22.4 Å². The summed E-state index contributed by atoms with van der Waals surface area (Å²) in [6.07, 6.45) is -12.2. The van der Waals surface area contributed by atoms with Crippen LogP contribution in [-0.4, -0.2) is 37.1 Å². The van der Waals surface area contributed by atoms with Gasteiger partial charge in [0.15, 0.2) is 0 Å². The van der Waals surface area contributed by atoms with Gasteiger partial charge in [0.05, 0.1) is 5.52 Å². The fourth-order valence-corrected chi connectivity index (χ4v) is 2.53. The molecule has 152 valence electrons. The molecule has 3 aromatic rings. The molecule has 1 aromatic carbocycles. The van der Waals surface area contributed by atoms with Crippen LogP contribution >= 0.6 is 11.6 Å². The Kier molecular flexibility index (Phi) is 4.76. The van der Waals surface area contributed by atoms with E-state index in [9.17, 15) is 35.1 Å². The van der Waals surface area contributed by atoms with Gasteiger partial charge < -0.3 is 0 Å². The van der Waals surface area contributed by atoms with Gasteiger partial charge in [-0.25, -0.2) is 4.98 Å². The second kappa shape index (κ2) is 6.57. The van der Waals surface area contributed by atoms with Crippen LogP contribution < -0.4 is 0 Å². The van der Waals surface area contributed by atoms with E-state index in [0.29, 0.717) is 0 Å². The number of benzene rings is 1. The van der Waals surface area contributed by atoms with Gasteiger partial charge in [0.25, 0.3) is 0 Å². The monoisotopic (exact) mass is 433 g/mol. The highest BCUT2D eigenvalue weighted by Crippen LogP contribution is 2.39. The highest BCUT2D eigenvalue weighted by Gasteiger charge is 2.56. The van der Waals surface area contributed by atoms with Crippen molar-refractivity contribution in [2.75, 3.05) is 0 Å².